The molecule has 0 heterocycles. The minimum absolute atomic E-state index is 0.160. The number of carboxylic acid groups (broad SMARTS) is 1. The highest BCUT2D eigenvalue weighted by molar-refractivity contribution is 5.74. The standard InChI is InChI=1S/C25H40O5/c1-4-6-7-8-9-10-11-12-21-13-15-23(16-14-21)29-17-18-30-25(28)20(3)19-22(5-2)24(26)27/h13-16,20,22H,4-12,17-19H2,1-3H3,(H,26,27). The highest BCUT2D eigenvalue weighted by atomic mass is 16.6. The van der Waals surface area contributed by atoms with Crippen molar-refractivity contribution < 1.29 is 24.2 Å². The molecule has 5 nitrogen and oxygen atoms in total. The summed E-state index contributed by atoms with van der Waals surface area (Å²) in [5, 5.41) is 9.09. The third-order valence-electron chi connectivity index (χ3n) is 5.47. The highest BCUT2D eigenvalue weighted by Gasteiger charge is 2.23. The maximum atomic E-state index is 12.0. The number of unbranched alkanes of at least 4 members (excludes halogenated alkanes) is 6. The first-order chi connectivity index (χ1) is 14.5. The molecule has 1 aromatic carbocycles. The quantitative estimate of drug-likeness (QED) is 0.246. The fourth-order valence-electron chi connectivity index (χ4n) is 3.45. The number of aryl methyl sites for hydroxylation is 1. The van der Waals surface area contributed by atoms with Crippen LogP contribution >= 0.6 is 0 Å². The van der Waals surface area contributed by atoms with Gasteiger partial charge in [0.15, 0.2) is 0 Å². The van der Waals surface area contributed by atoms with E-state index in [0.717, 1.165) is 12.2 Å². The number of esters is 1. The molecule has 0 aliphatic rings. The van der Waals surface area contributed by atoms with E-state index in [1.165, 1.54) is 50.5 Å². The molecule has 1 rings (SSSR count). The van der Waals surface area contributed by atoms with E-state index < -0.39 is 17.8 Å². The molecule has 1 aromatic rings. The van der Waals surface area contributed by atoms with Gasteiger partial charge in [0.25, 0.3) is 0 Å². The summed E-state index contributed by atoms with van der Waals surface area (Å²) in [5.41, 5.74) is 1.32. The number of rotatable bonds is 17. The van der Waals surface area contributed by atoms with Crippen LogP contribution < -0.4 is 4.74 Å². The topological polar surface area (TPSA) is 72.8 Å². The molecule has 0 aliphatic carbocycles. The fourth-order valence-corrected chi connectivity index (χ4v) is 3.45. The molecular weight excluding hydrogens is 380 g/mol. The number of carbonyl (C=O) groups is 2. The minimum atomic E-state index is -0.865. The van der Waals surface area contributed by atoms with Crippen molar-refractivity contribution in [2.75, 3.05) is 13.2 Å². The van der Waals surface area contributed by atoms with Crippen molar-refractivity contribution in [3.63, 3.8) is 0 Å². The molecule has 2 unspecified atom stereocenters. The van der Waals surface area contributed by atoms with E-state index >= 15 is 0 Å². The van der Waals surface area contributed by atoms with Crippen LogP contribution in [0.5, 0.6) is 5.75 Å². The average Bonchev–Trinajstić information content (AvgIpc) is 2.74. The van der Waals surface area contributed by atoms with Crippen LogP contribution in [0.25, 0.3) is 0 Å². The third kappa shape index (κ3) is 11.2. The molecule has 0 aliphatic heterocycles. The van der Waals surface area contributed by atoms with Gasteiger partial charge in [0.1, 0.15) is 19.0 Å². The molecule has 0 spiro atoms. The summed E-state index contributed by atoms with van der Waals surface area (Å²) in [6, 6.07) is 8.11. The van der Waals surface area contributed by atoms with Crippen molar-refractivity contribution >= 4 is 11.9 Å². The fraction of sp³-hybridized carbons (Fsp3) is 0.680. The van der Waals surface area contributed by atoms with Crippen molar-refractivity contribution in [1.82, 2.24) is 0 Å². The normalized spacial score (nSPS) is 12.9. The highest BCUT2D eigenvalue weighted by Crippen LogP contribution is 2.18. The Morgan fingerprint density at radius 1 is 0.933 bits per heavy atom. The molecule has 1 N–H and O–H groups in total. The van der Waals surface area contributed by atoms with Gasteiger partial charge in [0, 0.05) is 0 Å². The molecule has 0 aromatic heterocycles. The predicted octanol–water partition coefficient (Wildman–Crippen LogP) is 6.04. The van der Waals surface area contributed by atoms with Gasteiger partial charge in [-0.2, -0.15) is 0 Å². The van der Waals surface area contributed by atoms with E-state index in [1.807, 2.05) is 19.1 Å². The zero-order chi connectivity index (χ0) is 22.2. The lowest BCUT2D eigenvalue weighted by molar-refractivity contribution is -0.150. The number of carbonyl (C=O) groups excluding carboxylic acids is 1. The predicted molar refractivity (Wildman–Crippen MR) is 120 cm³/mol. The molecular formula is C25H40O5. The van der Waals surface area contributed by atoms with E-state index in [9.17, 15) is 9.59 Å². The second-order valence-electron chi connectivity index (χ2n) is 8.11. The maximum absolute atomic E-state index is 12.0. The van der Waals surface area contributed by atoms with Gasteiger partial charge < -0.3 is 14.6 Å². The Morgan fingerprint density at radius 2 is 1.57 bits per heavy atom. The van der Waals surface area contributed by atoms with Crippen molar-refractivity contribution in [1.29, 1.82) is 0 Å². The van der Waals surface area contributed by atoms with Crippen LogP contribution in [0.3, 0.4) is 0 Å². The summed E-state index contributed by atoms with van der Waals surface area (Å²) in [5.74, 6) is -1.42. The number of benzene rings is 1. The van der Waals surface area contributed by atoms with Gasteiger partial charge in [0.2, 0.25) is 0 Å². The summed E-state index contributed by atoms with van der Waals surface area (Å²) in [6.45, 7) is 6.20. The smallest absolute Gasteiger partial charge is 0.308 e. The largest absolute Gasteiger partial charge is 0.490 e. The SMILES string of the molecule is CCCCCCCCCc1ccc(OCCOC(=O)C(C)CC(CC)C(=O)O)cc1. The molecule has 170 valence electrons. The number of carboxylic acids is 1. The summed E-state index contributed by atoms with van der Waals surface area (Å²) >= 11 is 0. The molecule has 30 heavy (non-hydrogen) atoms. The molecule has 0 amide bonds. The lowest BCUT2D eigenvalue weighted by atomic mass is 9.94. The summed E-state index contributed by atoms with van der Waals surface area (Å²) in [6.07, 6.45) is 11.1. The number of ether oxygens (including phenoxy) is 2. The Bertz CT molecular complexity index is 596. The number of aliphatic carboxylic acids is 1. The Labute approximate surface area is 182 Å². The van der Waals surface area contributed by atoms with Gasteiger partial charge in [-0.1, -0.05) is 71.4 Å². The third-order valence-corrected chi connectivity index (χ3v) is 5.47. The first-order valence-electron chi connectivity index (χ1n) is 11.6. The van der Waals surface area contributed by atoms with Crippen LogP contribution in [0.15, 0.2) is 24.3 Å². The van der Waals surface area contributed by atoms with Gasteiger partial charge in [-0.25, -0.2) is 0 Å². The zero-order valence-corrected chi connectivity index (χ0v) is 19.0. The lowest BCUT2D eigenvalue weighted by Crippen LogP contribution is -2.23. The molecule has 2 atom stereocenters. The number of hydrogen-bond acceptors (Lipinski definition) is 4. The van der Waals surface area contributed by atoms with Crippen LogP contribution in [0, 0.1) is 11.8 Å². The Morgan fingerprint density at radius 3 is 2.17 bits per heavy atom. The first-order valence-corrected chi connectivity index (χ1v) is 11.6. The summed E-state index contributed by atoms with van der Waals surface area (Å²) in [4.78, 5) is 23.1. The van der Waals surface area contributed by atoms with Crippen LogP contribution in [0.4, 0.5) is 0 Å². The van der Waals surface area contributed by atoms with Gasteiger partial charge in [-0.05, 0) is 43.4 Å². The monoisotopic (exact) mass is 420 g/mol. The van der Waals surface area contributed by atoms with Crippen molar-refractivity contribution in [2.24, 2.45) is 11.8 Å². The van der Waals surface area contributed by atoms with Gasteiger partial charge in [-0.3, -0.25) is 9.59 Å². The molecule has 0 fully saturated rings. The van der Waals surface area contributed by atoms with Crippen molar-refractivity contribution in [3.05, 3.63) is 29.8 Å². The molecule has 0 bridgehead atoms. The van der Waals surface area contributed by atoms with Crippen LogP contribution in [0.1, 0.15) is 84.1 Å². The van der Waals surface area contributed by atoms with Crippen LogP contribution in [-0.4, -0.2) is 30.3 Å². The van der Waals surface area contributed by atoms with Gasteiger partial charge in [0.05, 0.1) is 11.8 Å². The second kappa shape index (κ2) is 15.8. The maximum Gasteiger partial charge on any atom is 0.308 e. The van der Waals surface area contributed by atoms with E-state index in [4.69, 9.17) is 14.6 Å². The van der Waals surface area contributed by atoms with Gasteiger partial charge in [-0.15, -0.1) is 0 Å². The Kier molecular flexibility index (Phi) is 13.7. The van der Waals surface area contributed by atoms with Gasteiger partial charge >= 0.3 is 11.9 Å². The van der Waals surface area contributed by atoms with E-state index in [0.29, 0.717) is 12.8 Å². The summed E-state index contributed by atoms with van der Waals surface area (Å²) < 4.78 is 10.9. The Balaban J connectivity index is 2.18. The van der Waals surface area contributed by atoms with Crippen LogP contribution in [-0.2, 0) is 20.7 Å². The van der Waals surface area contributed by atoms with E-state index in [2.05, 4.69) is 19.1 Å². The van der Waals surface area contributed by atoms with Crippen LogP contribution in [0.2, 0.25) is 0 Å². The number of hydrogen-bond donors (Lipinski definition) is 1. The van der Waals surface area contributed by atoms with Crippen molar-refractivity contribution in [3.8, 4) is 5.75 Å². The molecule has 0 saturated heterocycles. The molecule has 0 radical (unpaired) electrons. The second-order valence-corrected chi connectivity index (χ2v) is 8.11. The summed E-state index contributed by atoms with van der Waals surface area (Å²) in [7, 11) is 0. The molecule has 0 saturated carbocycles. The zero-order valence-electron chi connectivity index (χ0n) is 19.0. The average molecular weight is 421 g/mol. The first kappa shape index (κ1) is 26.0. The minimum Gasteiger partial charge on any atom is -0.490 e. The lowest BCUT2D eigenvalue weighted by Gasteiger charge is -2.15. The van der Waals surface area contributed by atoms with E-state index in [1.54, 1.807) is 6.92 Å². The Hall–Kier alpha value is -2.04. The van der Waals surface area contributed by atoms with Crippen molar-refractivity contribution in [2.45, 2.75) is 85.0 Å². The molecule has 5 heteroatoms. The van der Waals surface area contributed by atoms with E-state index in [-0.39, 0.29) is 19.2 Å².